The molecule has 0 bridgehead atoms. The van der Waals surface area contributed by atoms with Gasteiger partial charge in [0.25, 0.3) is 0 Å². The lowest BCUT2D eigenvalue weighted by Gasteiger charge is -2.31. The Balaban J connectivity index is 1.87. The molecule has 104 valence electrons. The maximum Gasteiger partial charge on any atom is 0.220 e. The zero-order valence-electron chi connectivity index (χ0n) is 10.8. The number of benzene rings is 1. The van der Waals surface area contributed by atoms with Crippen molar-refractivity contribution in [3.63, 3.8) is 0 Å². The van der Waals surface area contributed by atoms with E-state index in [0.717, 1.165) is 31.5 Å². The van der Waals surface area contributed by atoms with Crippen molar-refractivity contribution in [1.82, 2.24) is 4.90 Å². The summed E-state index contributed by atoms with van der Waals surface area (Å²) >= 11 is 5.91. The molecule has 1 aromatic rings. The monoisotopic (exact) mass is 282 g/mol. The van der Waals surface area contributed by atoms with E-state index in [4.69, 9.17) is 17.3 Å². The third-order valence-corrected chi connectivity index (χ3v) is 3.89. The van der Waals surface area contributed by atoms with E-state index < -0.39 is 6.10 Å². The molecule has 3 N–H and O–H groups in total. The number of piperidine rings is 1. The van der Waals surface area contributed by atoms with E-state index in [2.05, 4.69) is 4.90 Å². The van der Waals surface area contributed by atoms with E-state index in [9.17, 15) is 9.90 Å². The second-order valence-electron chi connectivity index (χ2n) is 5.05. The molecular formula is C14H19ClN2O2. The predicted octanol–water partition coefficient (Wildman–Crippen LogP) is 1.57. The third kappa shape index (κ3) is 3.93. The summed E-state index contributed by atoms with van der Waals surface area (Å²) in [6.07, 6.45) is 0.999. The molecule has 19 heavy (non-hydrogen) atoms. The first kappa shape index (κ1) is 14.3. The highest BCUT2D eigenvalue weighted by Gasteiger charge is 2.24. The van der Waals surface area contributed by atoms with Crippen molar-refractivity contribution in [2.24, 2.45) is 11.7 Å². The molecule has 1 heterocycles. The topological polar surface area (TPSA) is 66.6 Å². The smallest absolute Gasteiger partial charge is 0.220 e. The van der Waals surface area contributed by atoms with Crippen molar-refractivity contribution in [3.05, 3.63) is 34.9 Å². The number of rotatable bonds is 4. The number of halogens is 1. The molecule has 1 unspecified atom stereocenters. The number of primary amides is 1. The lowest BCUT2D eigenvalue weighted by molar-refractivity contribution is -0.123. The number of aliphatic hydroxyl groups excluding tert-OH is 1. The average Bonchev–Trinajstić information content (AvgIpc) is 2.39. The lowest BCUT2D eigenvalue weighted by Crippen LogP contribution is -2.40. The number of nitrogens with two attached hydrogens (primary N) is 1. The van der Waals surface area contributed by atoms with Gasteiger partial charge in [-0.2, -0.15) is 0 Å². The molecule has 1 aromatic carbocycles. The molecule has 1 atom stereocenters. The number of carbonyl (C=O) groups excluding carboxylic acids is 1. The van der Waals surface area contributed by atoms with Crippen LogP contribution in [0.4, 0.5) is 0 Å². The fourth-order valence-corrected chi connectivity index (χ4v) is 2.66. The Morgan fingerprint density at radius 1 is 1.47 bits per heavy atom. The minimum absolute atomic E-state index is 0.0143. The maximum atomic E-state index is 11.1. The summed E-state index contributed by atoms with van der Waals surface area (Å²) in [4.78, 5) is 13.2. The predicted molar refractivity (Wildman–Crippen MR) is 74.8 cm³/mol. The van der Waals surface area contributed by atoms with Crippen LogP contribution in [0.25, 0.3) is 0 Å². The van der Waals surface area contributed by atoms with Gasteiger partial charge < -0.3 is 15.7 Å². The van der Waals surface area contributed by atoms with Crippen LogP contribution >= 0.6 is 11.6 Å². The molecule has 2 rings (SSSR count). The molecule has 0 radical (unpaired) electrons. The van der Waals surface area contributed by atoms with Crippen molar-refractivity contribution in [3.8, 4) is 0 Å². The van der Waals surface area contributed by atoms with E-state index in [1.165, 1.54) is 0 Å². The second kappa shape index (κ2) is 6.37. The Kier molecular flexibility index (Phi) is 4.80. The van der Waals surface area contributed by atoms with Gasteiger partial charge in [-0.1, -0.05) is 23.7 Å². The Morgan fingerprint density at radius 2 is 2.16 bits per heavy atom. The highest BCUT2D eigenvalue weighted by atomic mass is 35.5. The molecule has 0 spiro atoms. The molecular weight excluding hydrogens is 264 g/mol. The maximum absolute atomic E-state index is 11.1. The minimum Gasteiger partial charge on any atom is -0.387 e. The van der Waals surface area contributed by atoms with Crippen molar-refractivity contribution in [2.75, 3.05) is 19.6 Å². The highest BCUT2D eigenvalue weighted by Crippen LogP contribution is 2.22. The van der Waals surface area contributed by atoms with Gasteiger partial charge in [0, 0.05) is 17.5 Å². The van der Waals surface area contributed by atoms with Crippen LogP contribution in [0, 0.1) is 5.92 Å². The lowest BCUT2D eigenvalue weighted by atomic mass is 9.96. The third-order valence-electron chi connectivity index (χ3n) is 3.65. The van der Waals surface area contributed by atoms with Crippen LogP contribution < -0.4 is 5.73 Å². The van der Waals surface area contributed by atoms with Gasteiger partial charge in [0.1, 0.15) is 0 Å². The van der Waals surface area contributed by atoms with Crippen LogP contribution in [-0.2, 0) is 4.79 Å². The molecule has 1 saturated heterocycles. The summed E-state index contributed by atoms with van der Waals surface area (Å²) in [5.74, 6) is -0.227. The van der Waals surface area contributed by atoms with E-state index in [1.807, 2.05) is 12.1 Å². The normalized spacial score (nSPS) is 19.3. The molecule has 0 saturated carbocycles. The number of hydrogen-bond donors (Lipinski definition) is 2. The van der Waals surface area contributed by atoms with E-state index in [1.54, 1.807) is 12.1 Å². The SMILES string of the molecule is NC(=O)C1CCN(CC(O)c2cccc(Cl)c2)CC1. The molecule has 1 fully saturated rings. The van der Waals surface area contributed by atoms with Crippen LogP contribution in [0.5, 0.6) is 0 Å². The summed E-state index contributed by atoms with van der Waals surface area (Å²) in [5.41, 5.74) is 6.12. The van der Waals surface area contributed by atoms with Gasteiger partial charge in [-0.3, -0.25) is 4.79 Å². The van der Waals surface area contributed by atoms with Gasteiger partial charge in [0.15, 0.2) is 0 Å². The first-order valence-corrected chi connectivity index (χ1v) is 6.89. The van der Waals surface area contributed by atoms with Gasteiger partial charge in [0.05, 0.1) is 6.10 Å². The van der Waals surface area contributed by atoms with Crippen LogP contribution in [0.3, 0.4) is 0 Å². The van der Waals surface area contributed by atoms with Crippen molar-refractivity contribution in [1.29, 1.82) is 0 Å². The first-order valence-electron chi connectivity index (χ1n) is 6.51. The number of β-amino-alcohol motifs (C(OH)–C–C–N with tert-alkyl or cyclic N) is 1. The number of aliphatic hydroxyl groups is 1. The molecule has 1 amide bonds. The van der Waals surface area contributed by atoms with E-state index in [0.29, 0.717) is 11.6 Å². The molecule has 1 aliphatic rings. The van der Waals surface area contributed by atoms with E-state index >= 15 is 0 Å². The van der Waals surface area contributed by atoms with Gasteiger partial charge in [0.2, 0.25) is 5.91 Å². The van der Waals surface area contributed by atoms with E-state index in [-0.39, 0.29) is 11.8 Å². The summed E-state index contributed by atoms with van der Waals surface area (Å²) in [6, 6.07) is 7.27. The Bertz CT molecular complexity index is 445. The van der Waals surface area contributed by atoms with Crippen molar-refractivity contribution in [2.45, 2.75) is 18.9 Å². The van der Waals surface area contributed by atoms with Crippen molar-refractivity contribution < 1.29 is 9.90 Å². The zero-order chi connectivity index (χ0) is 13.8. The summed E-state index contributed by atoms with van der Waals surface area (Å²) < 4.78 is 0. The minimum atomic E-state index is -0.552. The number of carbonyl (C=O) groups is 1. The van der Waals surface area contributed by atoms with Gasteiger partial charge >= 0.3 is 0 Å². The van der Waals surface area contributed by atoms with Crippen LogP contribution in [-0.4, -0.2) is 35.5 Å². The summed E-state index contributed by atoms with van der Waals surface area (Å²) in [6.45, 7) is 2.16. The first-order chi connectivity index (χ1) is 9.06. The Labute approximate surface area is 118 Å². The number of likely N-dealkylation sites (tertiary alicyclic amines) is 1. The second-order valence-corrected chi connectivity index (χ2v) is 5.48. The fourth-order valence-electron chi connectivity index (χ4n) is 2.46. The summed E-state index contributed by atoms with van der Waals surface area (Å²) in [7, 11) is 0. The van der Waals surface area contributed by atoms with Crippen LogP contribution in [0.1, 0.15) is 24.5 Å². The van der Waals surface area contributed by atoms with Gasteiger partial charge in [-0.05, 0) is 43.6 Å². The molecule has 1 aliphatic heterocycles. The van der Waals surface area contributed by atoms with Gasteiger partial charge in [-0.15, -0.1) is 0 Å². The standard InChI is InChI=1S/C14H19ClN2O2/c15-12-3-1-2-11(8-12)13(18)9-17-6-4-10(5-7-17)14(16)19/h1-3,8,10,13,18H,4-7,9H2,(H2,16,19). The molecule has 0 aromatic heterocycles. The molecule has 0 aliphatic carbocycles. The van der Waals surface area contributed by atoms with Crippen LogP contribution in [0.2, 0.25) is 5.02 Å². The molecule has 5 heteroatoms. The Morgan fingerprint density at radius 3 is 2.74 bits per heavy atom. The quantitative estimate of drug-likeness (QED) is 0.881. The average molecular weight is 283 g/mol. The zero-order valence-corrected chi connectivity index (χ0v) is 11.5. The number of nitrogens with zero attached hydrogens (tertiary/aromatic N) is 1. The fraction of sp³-hybridized carbons (Fsp3) is 0.500. The van der Waals surface area contributed by atoms with Crippen LogP contribution in [0.15, 0.2) is 24.3 Å². The van der Waals surface area contributed by atoms with Gasteiger partial charge in [-0.25, -0.2) is 0 Å². The number of amides is 1. The van der Waals surface area contributed by atoms with Crippen molar-refractivity contribution >= 4 is 17.5 Å². The molecule has 4 nitrogen and oxygen atoms in total. The number of hydrogen-bond acceptors (Lipinski definition) is 3. The largest absolute Gasteiger partial charge is 0.387 e. The summed E-state index contributed by atoms with van der Waals surface area (Å²) in [5, 5.41) is 10.8. The highest BCUT2D eigenvalue weighted by molar-refractivity contribution is 6.30. The Hall–Kier alpha value is -1.10.